The highest BCUT2D eigenvalue weighted by atomic mass is 79.9. The first kappa shape index (κ1) is 17.0. The van der Waals surface area contributed by atoms with Gasteiger partial charge in [0.05, 0.1) is 12.3 Å². The van der Waals surface area contributed by atoms with Gasteiger partial charge in [-0.2, -0.15) is 0 Å². The van der Waals surface area contributed by atoms with Crippen molar-refractivity contribution in [2.24, 2.45) is 0 Å². The highest BCUT2D eigenvalue weighted by Gasteiger charge is 2.12. The van der Waals surface area contributed by atoms with E-state index in [1.807, 2.05) is 24.3 Å². The number of benzene rings is 1. The lowest BCUT2D eigenvalue weighted by Gasteiger charge is -2.11. The zero-order valence-corrected chi connectivity index (χ0v) is 14.1. The van der Waals surface area contributed by atoms with Gasteiger partial charge in [0, 0.05) is 10.5 Å². The Labute approximate surface area is 142 Å². The molecule has 2 rings (SSSR count). The van der Waals surface area contributed by atoms with Crippen LogP contribution in [0.25, 0.3) is 6.08 Å². The van der Waals surface area contributed by atoms with Crippen LogP contribution in [0.2, 0.25) is 0 Å². The molecule has 5 nitrogen and oxygen atoms in total. The standard InChI is InChI=1S/C17H16BrNO4/c1-12(15-6-3-9-22-15)19-16(20)11-23-17(21)8-7-13-4-2-5-14(18)10-13/h2-10,12H,11H2,1H3,(H,19,20)/b8-7+/t12-/m1/s1. The van der Waals surface area contributed by atoms with E-state index in [1.54, 1.807) is 25.1 Å². The lowest BCUT2D eigenvalue weighted by molar-refractivity contribution is -0.144. The van der Waals surface area contributed by atoms with Crippen molar-refractivity contribution in [3.05, 3.63) is 64.5 Å². The summed E-state index contributed by atoms with van der Waals surface area (Å²) in [6.45, 7) is 1.44. The number of esters is 1. The summed E-state index contributed by atoms with van der Waals surface area (Å²) < 4.78 is 11.0. The quantitative estimate of drug-likeness (QED) is 0.617. The van der Waals surface area contributed by atoms with Gasteiger partial charge in [0.15, 0.2) is 6.61 Å². The molecule has 6 heteroatoms. The number of halogens is 1. The summed E-state index contributed by atoms with van der Waals surface area (Å²) in [4.78, 5) is 23.3. The first-order chi connectivity index (χ1) is 11.0. The number of hydrogen-bond acceptors (Lipinski definition) is 4. The molecule has 0 radical (unpaired) electrons. The monoisotopic (exact) mass is 377 g/mol. The summed E-state index contributed by atoms with van der Waals surface area (Å²) in [5, 5.41) is 2.68. The molecule has 1 heterocycles. The Morgan fingerprint density at radius 1 is 1.35 bits per heavy atom. The lowest BCUT2D eigenvalue weighted by Crippen LogP contribution is -2.30. The molecule has 1 atom stereocenters. The van der Waals surface area contributed by atoms with E-state index in [4.69, 9.17) is 9.15 Å². The van der Waals surface area contributed by atoms with Crippen molar-refractivity contribution in [2.45, 2.75) is 13.0 Å². The highest BCUT2D eigenvalue weighted by Crippen LogP contribution is 2.13. The third-order valence-corrected chi connectivity index (χ3v) is 3.45. The summed E-state index contributed by atoms with van der Waals surface area (Å²) in [5.74, 6) is -0.330. The summed E-state index contributed by atoms with van der Waals surface area (Å²) in [5.41, 5.74) is 0.854. The average molecular weight is 378 g/mol. The van der Waals surface area contributed by atoms with Gasteiger partial charge in [0.1, 0.15) is 5.76 Å². The van der Waals surface area contributed by atoms with Crippen molar-refractivity contribution < 1.29 is 18.7 Å². The molecule has 1 aromatic heterocycles. The molecule has 1 N–H and O–H groups in total. The van der Waals surface area contributed by atoms with Gasteiger partial charge in [-0.25, -0.2) is 4.79 Å². The van der Waals surface area contributed by atoms with E-state index in [2.05, 4.69) is 21.2 Å². The molecule has 0 bridgehead atoms. The molecular formula is C17H16BrNO4. The van der Waals surface area contributed by atoms with Crippen molar-refractivity contribution in [3.8, 4) is 0 Å². The second-order valence-corrected chi connectivity index (χ2v) is 5.72. The molecule has 0 aliphatic carbocycles. The molecule has 0 aliphatic rings. The average Bonchev–Trinajstić information content (AvgIpc) is 3.05. The van der Waals surface area contributed by atoms with Gasteiger partial charge in [-0.3, -0.25) is 4.79 Å². The molecule has 0 aliphatic heterocycles. The molecule has 0 fully saturated rings. The fourth-order valence-corrected chi connectivity index (χ4v) is 2.27. The van der Waals surface area contributed by atoms with Crippen LogP contribution in [0.15, 0.2) is 57.6 Å². The summed E-state index contributed by atoms with van der Waals surface area (Å²) in [6, 6.07) is 10.7. The van der Waals surface area contributed by atoms with Crippen LogP contribution in [-0.2, 0) is 14.3 Å². The number of hydrogen-bond donors (Lipinski definition) is 1. The topological polar surface area (TPSA) is 68.5 Å². The van der Waals surface area contributed by atoms with Crippen LogP contribution in [0.5, 0.6) is 0 Å². The fourth-order valence-electron chi connectivity index (χ4n) is 1.85. The predicted molar refractivity (Wildman–Crippen MR) is 89.4 cm³/mol. The van der Waals surface area contributed by atoms with E-state index < -0.39 is 11.9 Å². The third kappa shape index (κ3) is 5.75. The van der Waals surface area contributed by atoms with Gasteiger partial charge in [-0.05, 0) is 42.8 Å². The normalized spacial score (nSPS) is 12.1. The fraction of sp³-hybridized carbons (Fsp3) is 0.176. The minimum Gasteiger partial charge on any atom is -0.467 e. The summed E-state index contributed by atoms with van der Waals surface area (Å²) in [7, 11) is 0. The van der Waals surface area contributed by atoms with E-state index in [0.29, 0.717) is 5.76 Å². The number of carbonyl (C=O) groups excluding carboxylic acids is 2. The third-order valence-electron chi connectivity index (χ3n) is 2.95. The molecule has 0 saturated heterocycles. The van der Waals surface area contributed by atoms with E-state index >= 15 is 0 Å². The van der Waals surface area contributed by atoms with E-state index in [0.717, 1.165) is 10.0 Å². The van der Waals surface area contributed by atoms with Crippen LogP contribution in [0.4, 0.5) is 0 Å². The largest absolute Gasteiger partial charge is 0.467 e. The molecule has 0 unspecified atom stereocenters. The second-order valence-electron chi connectivity index (χ2n) is 4.80. The first-order valence-electron chi connectivity index (χ1n) is 6.98. The number of furan rings is 1. The summed E-state index contributed by atoms with van der Waals surface area (Å²) in [6.07, 6.45) is 4.44. The SMILES string of the molecule is C[C@@H](NC(=O)COC(=O)/C=C/c1cccc(Br)c1)c1ccco1. The molecular weight excluding hydrogens is 362 g/mol. The number of ether oxygens (including phenoxy) is 1. The minimum absolute atomic E-state index is 0.284. The van der Waals surface area contributed by atoms with Crippen molar-refractivity contribution in [1.82, 2.24) is 5.32 Å². The molecule has 0 saturated carbocycles. The molecule has 120 valence electrons. The van der Waals surface area contributed by atoms with Crippen molar-refractivity contribution in [2.75, 3.05) is 6.61 Å². The zero-order chi connectivity index (χ0) is 16.7. The molecule has 23 heavy (non-hydrogen) atoms. The Morgan fingerprint density at radius 3 is 2.87 bits per heavy atom. The van der Waals surface area contributed by atoms with Crippen LogP contribution in [-0.4, -0.2) is 18.5 Å². The Bertz CT molecular complexity index is 694. The van der Waals surface area contributed by atoms with Crippen molar-refractivity contribution >= 4 is 33.9 Å². The van der Waals surface area contributed by atoms with Gasteiger partial charge in [-0.1, -0.05) is 28.1 Å². The van der Waals surface area contributed by atoms with Crippen LogP contribution >= 0.6 is 15.9 Å². The first-order valence-corrected chi connectivity index (χ1v) is 7.77. The molecule has 1 amide bonds. The van der Waals surface area contributed by atoms with Gasteiger partial charge in [0.25, 0.3) is 5.91 Å². The number of carbonyl (C=O) groups is 2. The Balaban J connectivity index is 1.76. The maximum absolute atomic E-state index is 11.7. The van der Waals surface area contributed by atoms with Crippen molar-refractivity contribution in [1.29, 1.82) is 0 Å². The Hall–Kier alpha value is -2.34. The van der Waals surface area contributed by atoms with E-state index in [-0.39, 0.29) is 12.6 Å². The van der Waals surface area contributed by atoms with Crippen molar-refractivity contribution in [3.63, 3.8) is 0 Å². The number of amides is 1. The second kappa shape index (κ2) is 8.33. The lowest BCUT2D eigenvalue weighted by atomic mass is 10.2. The molecule has 2 aromatic rings. The van der Waals surface area contributed by atoms with E-state index in [1.165, 1.54) is 12.3 Å². The zero-order valence-electron chi connectivity index (χ0n) is 12.5. The van der Waals surface area contributed by atoms with Crippen LogP contribution < -0.4 is 5.32 Å². The smallest absolute Gasteiger partial charge is 0.331 e. The van der Waals surface area contributed by atoms with Gasteiger partial charge < -0.3 is 14.5 Å². The van der Waals surface area contributed by atoms with Gasteiger partial charge >= 0.3 is 5.97 Å². The number of rotatable bonds is 6. The maximum atomic E-state index is 11.7. The van der Waals surface area contributed by atoms with Gasteiger partial charge in [-0.15, -0.1) is 0 Å². The Morgan fingerprint density at radius 2 is 2.17 bits per heavy atom. The molecule has 0 spiro atoms. The number of nitrogens with one attached hydrogen (secondary N) is 1. The van der Waals surface area contributed by atoms with Gasteiger partial charge in [0.2, 0.25) is 0 Å². The van der Waals surface area contributed by atoms with Crippen LogP contribution in [0.3, 0.4) is 0 Å². The minimum atomic E-state index is -0.578. The van der Waals surface area contributed by atoms with Crippen LogP contribution in [0, 0.1) is 0 Å². The highest BCUT2D eigenvalue weighted by molar-refractivity contribution is 9.10. The summed E-state index contributed by atoms with van der Waals surface area (Å²) >= 11 is 3.35. The maximum Gasteiger partial charge on any atom is 0.331 e. The predicted octanol–water partition coefficient (Wildman–Crippen LogP) is 3.48. The Kier molecular flexibility index (Phi) is 6.17. The molecule has 1 aromatic carbocycles. The van der Waals surface area contributed by atoms with E-state index in [9.17, 15) is 9.59 Å². The van der Waals surface area contributed by atoms with Crippen LogP contribution in [0.1, 0.15) is 24.3 Å².